The van der Waals surface area contributed by atoms with Crippen LogP contribution in [0.2, 0.25) is 0 Å². The van der Waals surface area contributed by atoms with Crippen LogP contribution in [0.25, 0.3) is 11.1 Å². The number of nitrogens with zero attached hydrogens (tertiary/aromatic N) is 1. The van der Waals surface area contributed by atoms with Crippen LogP contribution < -0.4 is 5.76 Å². The quantitative estimate of drug-likeness (QED) is 0.800. The van der Waals surface area contributed by atoms with Crippen molar-refractivity contribution in [3.8, 4) is 0 Å². The fraction of sp³-hybridized carbons (Fsp3) is 0.417. The second-order valence-electron chi connectivity index (χ2n) is 4.74. The Hall–Kier alpha value is -1.27. The highest BCUT2D eigenvalue weighted by Crippen LogP contribution is 2.31. The van der Waals surface area contributed by atoms with E-state index >= 15 is 0 Å². The van der Waals surface area contributed by atoms with Gasteiger partial charge in [-0.3, -0.25) is 4.57 Å². The van der Waals surface area contributed by atoms with Crippen LogP contribution >= 0.6 is 10.7 Å². The Morgan fingerprint density at radius 3 is 2.58 bits per heavy atom. The van der Waals surface area contributed by atoms with Crippen LogP contribution in [-0.4, -0.2) is 13.0 Å². The topological polar surface area (TPSA) is 69.3 Å². The molecule has 0 N–H and O–H groups in total. The molecular formula is C12H12ClNO4S. The zero-order chi connectivity index (χ0) is 13.6. The molecule has 0 bridgehead atoms. The van der Waals surface area contributed by atoms with Gasteiger partial charge in [0.1, 0.15) is 0 Å². The van der Waals surface area contributed by atoms with Gasteiger partial charge in [0.15, 0.2) is 5.58 Å². The molecule has 1 aromatic heterocycles. The maximum absolute atomic E-state index is 11.9. The molecule has 1 saturated carbocycles. The summed E-state index contributed by atoms with van der Waals surface area (Å²) in [5.41, 5.74) is 0.889. The van der Waals surface area contributed by atoms with Gasteiger partial charge < -0.3 is 4.42 Å². The lowest BCUT2D eigenvalue weighted by molar-refractivity contribution is 0.446. The molecule has 0 radical (unpaired) electrons. The number of aromatic nitrogens is 1. The van der Waals surface area contributed by atoms with Crippen LogP contribution in [0.4, 0.5) is 0 Å². The SMILES string of the molecule is O=c1oc2cc(S(=O)(=O)Cl)ccc2n1C1CCCC1. The van der Waals surface area contributed by atoms with Gasteiger partial charge in [-0.15, -0.1) is 0 Å². The highest BCUT2D eigenvalue weighted by atomic mass is 35.7. The second-order valence-corrected chi connectivity index (χ2v) is 7.31. The van der Waals surface area contributed by atoms with Crippen LogP contribution in [0.3, 0.4) is 0 Å². The highest BCUT2D eigenvalue weighted by Gasteiger charge is 2.23. The molecule has 102 valence electrons. The highest BCUT2D eigenvalue weighted by molar-refractivity contribution is 8.13. The van der Waals surface area contributed by atoms with E-state index in [9.17, 15) is 13.2 Å². The zero-order valence-electron chi connectivity index (χ0n) is 10.0. The third-order valence-corrected chi connectivity index (χ3v) is 4.91. The van der Waals surface area contributed by atoms with Crippen molar-refractivity contribution < 1.29 is 12.8 Å². The summed E-state index contributed by atoms with van der Waals surface area (Å²) in [6.45, 7) is 0. The van der Waals surface area contributed by atoms with Crippen LogP contribution in [0.15, 0.2) is 32.3 Å². The first-order valence-electron chi connectivity index (χ1n) is 6.06. The Morgan fingerprint density at radius 1 is 1.26 bits per heavy atom. The van der Waals surface area contributed by atoms with Gasteiger partial charge in [0, 0.05) is 22.8 Å². The number of oxazole rings is 1. The van der Waals surface area contributed by atoms with Crippen molar-refractivity contribution in [3.63, 3.8) is 0 Å². The third kappa shape index (κ3) is 2.19. The average molecular weight is 302 g/mol. The largest absolute Gasteiger partial charge is 0.420 e. The van der Waals surface area contributed by atoms with Gasteiger partial charge in [-0.25, -0.2) is 13.2 Å². The van der Waals surface area contributed by atoms with Gasteiger partial charge in [0.25, 0.3) is 9.05 Å². The van der Waals surface area contributed by atoms with E-state index in [1.807, 2.05) is 0 Å². The van der Waals surface area contributed by atoms with Crippen molar-refractivity contribution in [2.45, 2.75) is 36.6 Å². The summed E-state index contributed by atoms with van der Waals surface area (Å²) >= 11 is 0. The molecule has 0 saturated heterocycles. The van der Waals surface area contributed by atoms with Gasteiger partial charge in [0.05, 0.1) is 10.4 Å². The average Bonchev–Trinajstić information content (AvgIpc) is 2.92. The van der Waals surface area contributed by atoms with Crippen molar-refractivity contribution >= 4 is 30.8 Å². The molecule has 0 spiro atoms. The summed E-state index contributed by atoms with van der Waals surface area (Å²) in [5, 5.41) is 0. The minimum absolute atomic E-state index is 0.0611. The predicted molar refractivity (Wildman–Crippen MR) is 71.0 cm³/mol. The first kappa shape index (κ1) is 12.7. The van der Waals surface area contributed by atoms with Gasteiger partial charge in [-0.2, -0.15) is 0 Å². The Balaban J connectivity index is 2.20. The Morgan fingerprint density at radius 2 is 1.95 bits per heavy atom. The van der Waals surface area contributed by atoms with Gasteiger partial charge in [0.2, 0.25) is 0 Å². The summed E-state index contributed by atoms with van der Waals surface area (Å²) in [4.78, 5) is 11.8. The Kier molecular flexibility index (Phi) is 2.94. The lowest BCUT2D eigenvalue weighted by atomic mass is 10.2. The monoisotopic (exact) mass is 301 g/mol. The minimum atomic E-state index is -3.82. The maximum atomic E-state index is 11.9. The van der Waals surface area contributed by atoms with E-state index in [2.05, 4.69) is 0 Å². The minimum Gasteiger partial charge on any atom is -0.408 e. The van der Waals surface area contributed by atoms with E-state index in [-0.39, 0.29) is 16.5 Å². The Labute approximate surface area is 114 Å². The zero-order valence-corrected chi connectivity index (χ0v) is 11.6. The molecule has 1 fully saturated rings. The summed E-state index contributed by atoms with van der Waals surface area (Å²) in [7, 11) is 1.46. The van der Waals surface area contributed by atoms with Crippen molar-refractivity contribution in [1.29, 1.82) is 0 Å². The molecule has 3 rings (SSSR count). The Bertz CT molecular complexity index is 784. The predicted octanol–water partition coefficient (Wildman–Crippen LogP) is 2.64. The van der Waals surface area contributed by atoms with Crippen molar-refractivity contribution in [1.82, 2.24) is 4.57 Å². The fourth-order valence-electron chi connectivity index (χ4n) is 2.68. The van der Waals surface area contributed by atoms with Gasteiger partial charge in [-0.1, -0.05) is 12.8 Å². The molecule has 1 aromatic carbocycles. The maximum Gasteiger partial charge on any atom is 0.420 e. The molecule has 5 nitrogen and oxygen atoms in total. The summed E-state index contributed by atoms with van der Waals surface area (Å²) < 4.78 is 29.3. The fourth-order valence-corrected chi connectivity index (χ4v) is 3.44. The third-order valence-electron chi connectivity index (χ3n) is 3.56. The summed E-state index contributed by atoms with van der Waals surface area (Å²) in [6.07, 6.45) is 4.09. The number of benzene rings is 1. The van der Waals surface area contributed by atoms with E-state index in [1.165, 1.54) is 12.1 Å². The molecular weight excluding hydrogens is 290 g/mol. The number of halogens is 1. The molecule has 0 aliphatic heterocycles. The first-order chi connectivity index (χ1) is 8.97. The normalized spacial score (nSPS) is 17.3. The lowest BCUT2D eigenvalue weighted by Crippen LogP contribution is -2.18. The number of hydrogen-bond acceptors (Lipinski definition) is 4. The molecule has 1 heterocycles. The smallest absolute Gasteiger partial charge is 0.408 e. The van der Waals surface area contributed by atoms with Crippen molar-refractivity contribution in [3.05, 3.63) is 28.7 Å². The molecule has 19 heavy (non-hydrogen) atoms. The van der Waals surface area contributed by atoms with E-state index in [4.69, 9.17) is 15.1 Å². The molecule has 7 heteroatoms. The molecule has 1 aliphatic rings. The van der Waals surface area contributed by atoms with Crippen LogP contribution in [-0.2, 0) is 9.05 Å². The van der Waals surface area contributed by atoms with Crippen LogP contribution in [0.1, 0.15) is 31.7 Å². The number of rotatable bonds is 2. The van der Waals surface area contributed by atoms with E-state index in [1.54, 1.807) is 10.6 Å². The number of fused-ring (bicyclic) bond motifs is 1. The summed E-state index contributed by atoms with van der Waals surface area (Å²) in [6, 6.07) is 4.41. The summed E-state index contributed by atoms with van der Waals surface area (Å²) in [5.74, 6) is -0.439. The lowest BCUT2D eigenvalue weighted by Gasteiger charge is -2.09. The molecule has 1 aliphatic carbocycles. The molecule has 2 aromatic rings. The van der Waals surface area contributed by atoms with Crippen molar-refractivity contribution in [2.24, 2.45) is 0 Å². The standard InChI is InChI=1S/C12H12ClNO4S/c13-19(16,17)9-5-6-10-11(7-9)18-12(15)14(10)8-3-1-2-4-8/h5-8H,1-4H2. The van der Waals surface area contributed by atoms with Crippen molar-refractivity contribution in [2.75, 3.05) is 0 Å². The van der Waals surface area contributed by atoms with Gasteiger partial charge in [-0.05, 0) is 25.0 Å². The number of hydrogen-bond donors (Lipinski definition) is 0. The van der Waals surface area contributed by atoms with Gasteiger partial charge >= 0.3 is 5.76 Å². The van der Waals surface area contributed by atoms with E-state index in [0.29, 0.717) is 5.52 Å². The van der Waals surface area contributed by atoms with E-state index < -0.39 is 14.8 Å². The molecule has 0 unspecified atom stereocenters. The first-order valence-corrected chi connectivity index (χ1v) is 8.37. The van der Waals surface area contributed by atoms with Crippen LogP contribution in [0, 0.1) is 0 Å². The molecule has 0 amide bonds. The second kappa shape index (κ2) is 4.38. The van der Waals surface area contributed by atoms with Crippen LogP contribution in [0.5, 0.6) is 0 Å². The molecule has 0 atom stereocenters. The van der Waals surface area contributed by atoms with E-state index in [0.717, 1.165) is 25.7 Å².